The highest BCUT2D eigenvalue weighted by molar-refractivity contribution is 5.95. The van der Waals surface area contributed by atoms with E-state index in [9.17, 15) is 14.0 Å². The van der Waals surface area contributed by atoms with Gasteiger partial charge in [0.05, 0.1) is 19.3 Å². The molecule has 1 aliphatic heterocycles. The number of carbonyl (C=O) groups is 2. The zero-order valence-corrected chi connectivity index (χ0v) is 16.3. The number of ether oxygens (including phenoxy) is 1. The van der Waals surface area contributed by atoms with Crippen molar-refractivity contribution in [2.75, 3.05) is 20.2 Å². The molecular formula is C21H20FN5O3. The third kappa shape index (κ3) is 4.00. The summed E-state index contributed by atoms with van der Waals surface area (Å²) in [6.45, 7) is 1.21. The Morgan fingerprint density at radius 2 is 1.97 bits per heavy atom. The lowest BCUT2D eigenvalue weighted by Crippen LogP contribution is -2.50. The van der Waals surface area contributed by atoms with Gasteiger partial charge in [-0.3, -0.25) is 9.59 Å². The number of carbonyl (C=O) groups excluding carboxylic acids is 2. The quantitative estimate of drug-likeness (QED) is 0.673. The number of rotatable bonds is 6. The fourth-order valence-corrected chi connectivity index (χ4v) is 3.20. The Balaban J connectivity index is 1.32. The van der Waals surface area contributed by atoms with E-state index in [1.807, 2.05) is 30.3 Å². The molecular weight excluding hydrogens is 389 g/mol. The summed E-state index contributed by atoms with van der Waals surface area (Å²) in [5, 5.41) is 10.7. The van der Waals surface area contributed by atoms with E-state index in [2.05, 4.69) is 15.6 Å². The average Bonchev–Trinajstić information content (AvgIpc) is 3.21. The molecule has 1 saturated heterocycles. The second-order valence-corrected chi connectivity index (χ2v) is 6.97. The molecule has 2 heterocycles. The van der Waals surface area contributed by atoms with Crippen molar-refractivity contribution in [2.24, 2.45) is 0 Å². The van der Waals surface area contributed by atoms with Crippen LogP contribution in [0.5, 0.6) is 5.75 Å². The van der Waals surface area contributed by atoms with E-state index >= 15 is 0 Å². The van der Waals surface area contributed by atoms with Gasteiger partial charge in [0.25, 0.3) is 11.8 Å². The van der Waals surface area contributed by atoms with Crippen LogP contribution >= 0.6 is 0 Å². The van der Waals surface area contributed by atoms with Crippen molar-refractivity contribution < 1.29 is 18.7 Å². The first-order valence-corrected chi connectivity index (χ1v) is 9.42. The molecule has 1 aromatic heterocycles. The van der Waals surface area contributed by atoms with Crippen LogP contribution in [0.4, 0.5) is 4.39 Å². The van der Waals surface area contributed by atoms with E-state index in [1.54, 1.807) is 15.8 Å². The highest BCUT2D eigenvalue weighted by Gasteiger charge is 2.34. The Kier molecular flexibility index (Phi) is 5.42. The predicted octanol–water partition coefficient (Wildman–Crippen LogP) is 2.05. The average molecular weight is 409 g/mol. The molecule has 154 valence electrons. The molecule has 30 heavy (non-hydrogen) atoms. The first-order valence-electron chi connectivity index (χ1n) is 9.42. The maximum atomic E-state index is 13.8. The van der Waals surface area contributed by atoms with Crippen LogP contribution in [0, 0.1) is 5.82 Å². The molecule has 9 heteroatoms. The smallest absolute Gasteiger partial charge is 0.273 e. The number of methoxy groups -OCH3 is 1. The Bertz CT molecular complexity index is 1060. The van der Waals surface area contributed by atoms with Crippen molar-refractivity contribution in [1.29, 1.82) is 0 Å². The molecule has 0 radical (unpaired) electrons. The van der Waals surface area contributed by atoms with E-state index < -0.39 is 5.82 Å². The van der Waals surface area contributed by atoms with Gasteiger partial charge in [0.2, 0.25) is 0 Å². The van der Waals surface area contributed by atoms with Gasteiger partial charge < -0.3 is 15.0 Å². The highest BCUT2D eigenvalue weighted by Crippen LogP contribution is 2.24. The van der Waals surface area contributed by atoms with E-state index in [1.165, 1.54) is 25.3 Å². The molecule has 0 unspecified atom stereocenters. The van der Waals surface area contributed by atoms with Crippen LogP contribution in [0.3, 0.4) is 0 Å². The van der Waals surface area contributed by atoms with Gasteiger partial charge >= 0.3 is 0 Å². The van der Waals surface area contributed by atoms with Gasteiger partial charge in [0, 0.05) is 25.2 Å². The number of hydrogen-bond donors (Lipinski definition) is 1. The minimum atomic E-state index is -0.581. The lowest BCUT2D eigenvalue weighted by atomic mass is 10.1. The summed E-state index contributed by atoms with van der Waals surface area (Å²) in [6.07, 6.45) is 1.57. The van der Waals surface area contributed by atoms with Gasteiger partial charge in [-0.25, -0.2) is 9.07 Å². The van der Waals surface area contributed by atoms with Crippen molar-refractivity contribution in [3.05, 3.63) is 77.4 Å². The maximum absolute atomic E-state index is 13.8. The van der Waals surface area contributed by atoms with Gasteiger partial charge in [0.1, 0.15) is 0 Å². The molecule has 0 atom stereocenters. The SMILES string of the molecule is COc1ccc(C(=O)N2CC(n3cc(C(=O)NCc4ccccc4)nn3)C2)cc1F. The van der Waals surface area contributed by atoms with Crippen LogP contribution in [0.1, 0.15) is 32.5 Å². The second kappa shape index (κ2) is 8.32. The summed E-state index contributed by atoms with van der Waals surface area (Å²) in [7, 11) is 1.37. The number of benzene rings is 2. The summed E-state index contributed by atoms with van der Waals surface area (Å²) in [4.78, 5) is 26.3. The molecule has 2 amide bonds. The lowest BCUT2D eigenvalue weighted by Gasteiger charge is -2.38. The monoisotopic (exact) mass is 409 g/mol. The standard InChI is InChI=1S/C21H20FN5O3/c1-30-19-8-7-15(9-17(19)22)21(29)26-11-16(12-26)27-13-18(24-25-27)20(28)23-10-14-5-3-2-4-6-14/h2-9,13,16H,10-12H2,1H3,(H,23,28). The van der Waals surface area contributed by atoms with Crippen LogP contribution in [-0.4, -0.2) is 51.9 Å². The van der Waals surface area contributed by atoms with Crippen LogP contribution in [-0.2, 0) is 6.54 Å². The minimum absolute atomic E-state index is 0.0831. The Hall–Kier alpha value is -3.75. The maximum Gasteiger partial charge on any atom is 0.273 e. The summed E-state index contributed by atoms with van der Waals surface area (Å²) in [5.74, 6) is -1.07. The molecule has 0 bridgehead atoms. The summed E-state index contributed by atoms with van der Waals surface area (Å²) < 4.78 is 20.3. The van der Waals surface area contributed by atoms with Crippen molar-refractivity contribution >= 4 is 11.8 Å². The highest BCUT2D eigenvalue weighted by atomic mass is 19.1. The molecule has 4 rings (SSSR count). The molecule has 8 nitrogen and oxygen atoms in total. The number of nitrogens with zero attached hydrogens (tertiary/aromatic N) is 4. The van der Waals surface area contributed by atoms with Gasteiger partial charge in [0.15, 0.2) is 17.3 Å². The molecule has 3 aromatic rings. The van der Waals surface area contributed by atoms with Crippen molar-refractivity contribution in [3.63, 3.8) is 0 Å². The van der Waals surface area contributed by atoms with Gasteiger partial charge in [-0.15, -0.1) is 5.10 Å². The second-order valence-electron chi connectivity index (χ2n) is 6.97. The number of hydrogen-bond acceptors (Lipinski definition) is 5. The van der Waals surface area contributed by atoms with Gasteiger partial charge in [-0.2, -0.15) is 0 Å². The Morgan fingerprint density at radius 3 is 2.67 bits per heavy atom. The molecule has 1 aliphatic rings. The largest absolute Gasteiger partial charge is 0.494 e. The summed E-state index contributed by atoms with van der Waals surface area (Å²) in [5.41, 5.74) is 1.46. The van der Waals surface area contributed by atoms with E-state index in [0.29, 0.717) is 19.6 Å². The fourth-order valence-electron chi connectivity index (χ4n) is 3.20. The Morgan fingerprint density at radius 1 is 1.20 bits per heavy atom. The van der Waals surface area contributed by atoms with Crippen LogP contribution < -0.4 is 10.1 Å². The molecule has 0 aliphatic carbocycles. The van der Waals surface area contributed by atoms with E-state index in [-0.39, 0.29) is 34.9 Å². The molecule has 1 N–H and O–H groups in total. The Labute approximate surface area is 172 Å². The van der Waals surface area contributed by atoms with Gasteiger partial charge in [-0.05, 0) is 23.8 Å². The first-order chi connectivity index (χ1) is 14.5. The number of aromatic nitrogens is 3. The molecule has 1 fully saturated rings. The minimum Gasteiger partial charge on any atom is -0.494 e. The van der Waals surface area contributed by atoms with Gasteiger partial charge in [-0.1, -0.05) is 35.5 Å². The summed E-state index contributed by atoms with van der Waals surface area (Å²) >= 11 is 0. The van der Waals surface area contributed by atoms with E-state index in [4.69, 9.17) is 4.74 Å². The summed E-state index contributed by atoms with van der Waals surface area (Å²) in [6, 6.07) is 13.6. The molecule has 2 aromatic carbocycles. The third-order valence-corrected chi connectivity index (χ3v) is 4.96. The van der Waals surface area contributed by atoms with Crippen LogP contribution in [0.25, 0.3) is 0 Å². The normalized spacial score (nSPS) is 13.6. The topological polar surface area (TPSA) is 89.4 Å². The molecule has 0 spiro atoms. The van der Waals surface area contributed by atoms with Crippen LogP contribution in [0.2, 0.25) is 0 Å². The zero-order chi connectivity index (χ0) is 21.1. The lowest BCUT2D eigenvalue weighted by molar-refractivity contribution is 0.0497. The number of nitrogens with one attached hydrogen (secondary N) is 1. The van der Waals surface area contributed by atoms with E-state index in [0.717, 1.165) is 5.56 Å². The van der Waals surface area contributed by atoms with Crippen molar-refractivity contribution in [2.45, 2.75) is 12.6 Å². The number of amides is 2. The number of likely N-dealkylation sites (tertiary alicyclic amines) is 1. The number of halogens is 1. The third-order valence-electron chi connectivity index (χ3n) is 4.96. The van der Waals surface area contributed by atoms with Crippen molar-refractivity contribution in [3.8, 4) is 5.75 Å². The van der Waals surface area contributed by atoms with Crippen LogP contribution in [0.15, 0.2) is 54.7 Å². The van der Waals surface area contributed by atoms with Crippen molar-refractivity contribution in [1.82, 2.24) is 25.2 Å². The zero-order valence-electron chi connectivity index (χ0n) is 16.3. The molecule has 0 saturated carbocycles. The first kappa shape index (κ1) is 19.6. The predicted molar refractivity (Wildman–Crippen MR) is 106 cm³/mol. The fraction of sp³-hybridized carbons (Fsp3) is 0.238.